The summed E-state index contributed by atoms with van der Waals surface area (Å²) in [4.78, 5) is 35.1. The van der Waals surface area contributed by atoms with Crippen molar-refractivity contribution >= 4 is 17.5 Å². The van der Waals surface area contributed by atoms with Crippen molar-refractivity contribution in [3.63, 3.8) is 0 Å². The maximum absolute atomic E-state index is 12.1. The summed E-state index contributed by atoms with van der Waals surface area (Å²) in [5.41, 5.74) is 2.12. The van der Waals surface area contributed by atoms with Crippen molar-refractivity contribution in [2.75, 3.05) is 5.32 Å². The molecule has 27 heavy (non-hydrogen) atoms. The van der Waals surface area contributed by atoms with E-state index in [-0.39, 0.29) is 30.8 Å². The molecule has 2 aromatic carbocycles. The minimum atomic E-state index is -0.698. The second-order valence-electron chi connectivity index (χ2n) is 5.86. The lowest BCUT2D eigenvalue weighted by Crippen LogP contribution is -2.31. The molecule has 3 aromatic rings. The van der Waals surface area contributed by atoms with Crippen LogP contribution in [-0.4, -0.2) is 21.6 Å². The Balaban J connectivity index is 1.61. The third-order valence-corrected chi connectivity index (χ3v) is 3.66. The lowest BCUT2D eigenvalue weighted by Gasteiger charge is -2.07. The number of nitrogens with zero attached hydrogens (tertiary/aromatic N) is 2. The lowest BCUT2D eigenvalue weighted by molar-refractivity contribution is -0.122. The first kappa shape index (κ1) is 18.1. The molecular weight excluding hydrogens is 348 g/mol. The van der Waals surface area contributed by atoms with E-state index in [0.717, 1.165) is 10.2 Å². The molecule has 0 atom stereocenters. The number of benzene rings is 2. The zero-order valence-electron chi connectivity index (χ0n) is 14.6. The molecule has 0 aliphatic heterocycles. The average Bonchev–Trinajstić information content (AvgIpc) is 3.01. The van der Waals surface area contributed by atoms with Crippen LogP contribution in [0.4, 0.5) is 5.69 Å². The Bertz CT molecular complexity index is 1010. The van der Waals surface area contributed by atoms with Gasteiger partial charge in [0.2, 0.25) is 17.7 Å². The van der Waals surface area contributed by atoms with Crippen LogP contribution in [0.1, 0.15) is 12.5 Å². The molecule has 0 radical (unpaired) electrons. The van der Waals surface area contributed by atoms with E-state index in [9.17, 15) is 14.4 Å². The SMILES string of the molecule is CC(=O)Nc1cccc(CNC(=O)Cn2nc(-c3ccccc3)oc2=O)c1. The first-order valence-electron chi connectivity index (χ1n) is 8.28. The Hall–Kier alpha value is -3.68. The van der Waals surface area contributed by atoms with Crippen molar-refractivity contribution in [2.24, 2.45) is 0 Å². The van der Waals surface area contributed by atoms with Gasteiger partial charge in [-0.3, -0.25) is 9.59 Å². The van der Waals surface area contributed by atoms with Crippen LogP contribution in [-0.2, 0) is 22.7 Å². The Morgan fingerprint density at radius 3 is 2.63 bits per heavy atom. The number of nitrogens with one attached hydrogen (secondary N) is 2. The van der Waals surface area contributed by atoms with Gasteiger partial charge in [-0.1, -0.05) is 30.3 Å². The molecule has 0 unspecified atom stereocenters. The summed E-state index contributed by atoms with van der Waals surface area (Å²) in [7, 11) is 0. The highest BCUT2D eigenvalue weighted by Crippen LogP contribution is 2.14. The Morgan fingerprint density at radius 1 is 1.11 bits per heavy atom. The van der Waals surface area contributed by atoms with Gasteiger partial charge in [-0.25, -0.2) is 4.79 Å². The van der Waals surface area contributed by atoms with E-state index in [2.05, 4.69) is 15.7 Å². The van der Waals surface area contributed by atoms with Gasteiger partial charge in [-0.2, -0.15) is 4.68 Å². The number of hydrogen-bond donors (Lipinski definition) is 2. The third kappa shape index (κ3) is 4.91. The van der Waals surface area contributed by atoms with Gasteiger partial charge in [0.1, 0.15) is 6.54 Å². The molecule has 0 bridgehead atoms. The highest BCUT2D eigenvalue weighted by Gasteiger charge is 2.13. The van der Waals surface area contributed by atoms with Crippen molar-refractivity contribution in [1.29, 1.82) is 0 Å². The van der Waals surface area contributed by atoms with Gasteiger partial charge in [0.25, 0.3) is 0 Å². The minimum Gasteiger partial charge on any atom is -0.388 e. The Morgan fingerprint density at radius 2 is 1.89 bits per heavy atom. The molecular formula is C19H18N4O4. The molecule has 1 heterocycles. The normalized spacial score (nSPS) is 10.4. The fraction of sp³-hybridized carbons (Fsp3) is 0.158. The minimum absolute atomic E-state index is 0.163. The molecule has 8 nitrogen and oxygen atoms in total. The van der Waals surface area contributed by atoms with Crippen molar-refractivity contribution in [3.8, 4) is 11.5 Å². The van der Waals surface area contributed by atoms with E-state index in [0.29, 0.717) is 11.3 Å². The number of anilines is 1. The summed E-state index contributed by atoms with van der Waals surface area (Å²) in [6.07, 6.45) is 0. The highest BCUT2D eigenvalue weighted by atomic mass is 16.4. The first-order chi connectivity index (χ1) is 13.0. The van der Waals surface area contributed by atoms with Gasteiger partial charge in [0, 0.05) is 24.7 Å². The lowest BCUT2D eigenvalue weighted by atomic mass is 10.2. The summed E-state index contributed by atoms with van der Waals surface area (Å²) in [6, 6.07) is 16.1. The molecule has 0 aliphatic carbocycles. The van der Waals surface area contributed by atoms with E-state index < -0.39 is 5.76 Å². The molecule has 8 heteroatoms. The molecule has 2 N–H and O–H groups in total. The number of aromatic nitrogens is 2. The van der Waals surface area contributed by atoms with Crippen molar-refractivity contribution in [3.05, 3.63) is 70.7 Å². The summed E-state index contributed by atoms with van der Waals surface area (Å²) in [6.45, 7) is 1.43. The van der Waals surface area contributed by atoms with Crippen LogP contribution in [0.5, 0.6) is 0 Å². The van der Waals surface area contributed by atoms with Crippen LogP contribution < -0.4 is 16.4 Å². The predicted molar refractivity (Wildman–Crippen MR) is 98.8 cm³/mol. The fourth-order valence-corrected chi connectivity index (χ4v) is 2.46. The van der Waals surface area contributed by atoms with Gasteiger partial charge in [0.05, 0.1) is 0 Å². The van der Waals surface area contributed by atoms with E-state index in [1.54, 1.807) is 42.5 Å². The molecule has 0 saturated heterocycles. The molecule has 0 saturated carbocycles. The topological polar surface area (TPSA) is 106 Å². The van der Waals surface area contributed by atoms with Crippen LogP contribution in [0.25, 0.3) is 11.5 Å². The first-order valence-corrected chi connectivity index (χ1v) is 8.28. The van der Waals surface area contributed by atoms with Crippen LogP contribution in [0, 0.1) is 0 Å². The predicted octanol–water partition coefficient (Wildman–Crippen LogP) is 1.78. The standard InChI is InChI=1S/C19H18N4O4/c1-13(24)21-16-9-5-6-14(10-16)11-20-17(25)12-23-19(26)27-18(22-23)15-7-3-2-4-8-15/h2-10H,11-12H2,1H3,(H,20,25)(H,21,24). The third-order valence-electron chi connectivity index (χ3n) is 3.66. The molecule has 1 aromatic heterocycles. The van der Waals surface area contributed by atoms with Crippen molar-refractivity contribution in [1.82, 2.24) is 15.1 Å². The molecule has 0 spiro atoms. The highest BCUT2D eigenvalue weighted by molar-refractivity contribution is 5.88. The number of carbonyl (C=O) groups excluding carboxylic acids is 2. The maximum Gasteiger partial charge on any atom is 0.437 e. The Kier molecular flexibility index (Phi) is 5.46. The zero-order valence-corrected chi connectivity index (χ0v) is 14.6. The second-order valence-corrected chi connectivity index (χ2v) is 5.86. The molecule has 0 aliphatic rings. The van der Waals surface area contributed by atoms with Crippen LogP contribution >= 0.6 is 0 Å². The Labute approximate surface area is 154 Å². The largest absolute Gasteiger partial charge is 0.437 e. The van der Waals surface area contributed by atoms with Gasteiger partial charge < -0.3 is 15.1 Å². The van der Waals surface area contributed by atoms with E-state index in [1.807, 2.05) is 12.1 Å². The van der Waals surface area contributed by atoms with Gasteiger partial charge in [-0.15, -0.1) is 5.10 Å². The molecule has 0 fully saturated rings. The molecule has 2 amide bonds. The van der Waals surface area contributed by atoms with Crippen LogP contribution in [0.3, 0.4) is 0 Å². The summed E-state index contributed by atoms with van der Waals surface area (Å²) >= 11 is 0. The number of hydrogen-bond acceptors (Lipinski definition) is 5. The summed E-state index contributed by atoms with van der Waals surface area (Å²) < 4.78 is 6.07. The quantitative estimate of drug-likeness (QED) is 0.692. The zero-order chi connectivity index (χ0) is 19.2. The molecule has 3 rings (SSSR count). The van der Waals surface area contributed by atoms with E-state index in [1.165, 1.54) is 6.92 Å². The number of rotatable bonds is 6. The number of amides is 2. The van der Waals surface area contributed by atoms with Crippen molar-refractivity contribution < 1.29 is 14.0 Å². The molecule has 138 valence electrons. The van der Waals surface area contributed by atoms with E-state index in [4.69, 9.17) is 4.42 Å². The smallest absolute Gasteiger partial charge is 0.388 e. The van der Waals surface area contributed by atoms with Gasteiger partial charge in [0.15, 0.2) is 0 Å². The van der Waals surface area contributed by atoms with Gasteiger partial charge >= 0.3 is 5.76 Å². The van der Waals surface area contributed by atoms with Crippen LogP contribution in [0.15, 0.2) is 63.8 Å². The summed E-state index contributed by atoms with van der Waals surface area (Å²) in [5.74, 6) is -1.08. The second kappa shape index (κ2) is 8.13. The monoisotopic (exact) mass is 366 g/mol. The van der Waals surface area contributed by atoms with Crippen LogP contribution in [0.2, 0.25) is 0 Å². The average molecular weight is 366 g/mol. The van der Waals surface area contributed by atoms with Crippen molar-refractivity contribution in [2.45, 2.75) is 20.0 Å². The van der Waals surface area contributed by atoms with Gasteiger partial charge in [-0.05, 0) is 29.8 Å². The van der Waals surface area contributed by atoms with E-state index >= 15 is 0 Å². The summed E-state index contributed by atoms with van der Waals surface area (Å²) in [5, 5.41) is 9.44. The fourth-order valence-electron chi connectivity index (χ4n) is 2.46. The number of carbonyl (C=O) groups is 2. The maximum atomic E-state index is 12.1.